The largest absolute Gasteiger partial charge is 0.465 e. The average Bonchev–Trinajstić information content (AvgIpc) is 3.51. The average molecular weight is 623 g/mol. The molecule has 1 aromatic heterocycles. The van der Waals surface area contributed by atoms with Crippen LogP contribution >= 0.6 is 0 Å². The van der Waals surface area contributed by atoms with Crippen LogP contribution < -0.4 is 4.90 Å². The highest BCUT2D eigenvalue weighted by Crippen LogP contribution is 2.33. The molecule has 8 nitrogen and oxygen atoms in total. The first-order chi connectivity index (χ1) is 22.4. The zero-order chi connectivity index (χ0) is 32.2. The number of rotatable bonds is 8. The second-order valence-corrected chi connectivity index (χ2v) is 10.9. The highest BCUT2D eigenvalue weighted by Gasteiger charge is 2.32. The maximum atomic E-state index is 13.7. The number of halogens is 2. The van der Waals surface area contributed by atoms with E-state index in [9.17, 15) is 18.4 Å². The fourth-order valence-electron chi connectivity index (χ4n) is 5.93. The second kappa shape index (κ2) is 13.3. The Morgan fingerprint density at radius 2 is 1.22 bits per heavy atom. The van der Waals surface area contributed by atoms with Gasteiger partial charge < -0.3 is 14.4 Å². The van der Waals surface area contributed by atoms with Crippen LogP contribution in [0.5, 0.6) is 0 Å². The molecule has 0 saturated carbocycles. The number of methoxy groups -OCH3 is 2. The number of hydrogen-bond acceptors (Lipinski definition) is 7. The number of nitrogens with zero attached hydrogens (tertiary/aromatic N) is 4. The van der Waals surface area contributed by atoms with Crippen LogP contribution in [0.1, 0.15) is 38.0 Å². The first-order valence-corrected chi connectivity index (χ1v) is 14.8. The maximum Gasteiger partial charge on any atom is 0.357 e. The highest BCUT2D eigenvalue weighted by atomic mass is 19.1. The summed E-state index contributed by atoms with van der Waals surface area (Å²) in [6.07, 6.45) is 0. The van der Waals surface area contributed by atoms with Gasteiger partial charge in [0.05, 0.1) is 25.9 Å². The lowest BCUT2D eigenvalue weighted by Gasteiger charge is -2.40. The van der Waals surface area contributed by atoms with Gasteiger partial charge in [0, 0.05) is 37.4 Å². The molecule has 0 spiro atoms. The van der Waals surface area contributed by atoms with Crippen LogP contribution in [0.15, 0.2) is 103 Å². The Labute approximate surface area is 265 Å². The Kier molecular flexibility index (Phi) is 8.89. The van der Waals surface area contributed by atoms with Gasteiger partial charge in [-0.15, -0.1) is 0 Å². The third-order valence-corrected chi connectivity index (χ3v) is 8.21. The Bertz CT molecular complexity index is 1770. The number of aromatic nitrogens is 2. The van der Waals surface area contributed by atoms with E-state index < -0.39 is 11.9 Å². The van der Waals surface area contributed by atoms with Crippen molar-refractivity contribution in [3.8, 4) is 16.9 Å². The quantitative estimate of drug-likeness (QED) is 0.188. The fourth-order valence-corrected chi connectivity index (χ4v) is 5.93. The number of para-hydroxylation sites is 1. The molecule has 0 N–H and O–H groups in total. The van der Waals surface area contributed by atoms with Crippen molar-refractivity contribution in [2.45, 2.75) is 6.04 Å². The molecule has 1 saturated heterocycles. The Hall–Kier alpha value is -5.35. The summed E-state index contributed by atoms with van der Waals surface area (Å²) in [6, 6.07) is 29.5. The van der Waals surface area contributed by atoms with Gasteiger partial charge in [-0.05, 0) is 59.7 Å². The van der Waals surface area contributed by atoms with Crippen LogP contribution in [-0.4, -0.2) is 67.0 Å². The molecule has 2 heterocycles. The number of piperazine rings is 1. The molecule has 10 heteroatoms. The van der Waals surface area contributed by atoms with E-state index in [0.717, 1.165) is 43.0 Å². The minimum Gasteiger partial charge on any atom is -0.465 e. The number of hydrogen-bond donors (Lipinski definition) is 0. The molecule has 6 rings (SSSR count). The molecule has 5 aromatic rings. The third-order valence-electron chi connectivity index (χ3n) is 8.21. The topological polar surface area (TPSA) is 76.9 Å². The smallest absolute Gasteiger partial charge is 0.357 e. The van der Waals surface area contributed by atoms with Crippen molar-refractivity contribution in [3.05, 3.63) is 137 Å². The lowest BCUT2D eigenvalue weighted by molar-refractivity contribution is 0.0549. The van der Waals surface area contributed by atoms with Gasteiger partial charge in [0.1, 0.15) is 22.9 Å². The SMILES string of the molecule is COC(=O)c1c(-c2ccc(N3CCN(C(c4ccc(F)cc4)c4ccc(F)cc4)CC3)cc2)nn(-c2ccccc2)c1C(=O)OC. The van der Waals surface area contributed by atoms with Crippen molar-refractivity contribution < 1.29 is 27.8 Å². The molecule has 0 radical (unpaired) electrons. The summed E-state index contributed by atoms with van der Waals surface area (Å²) in [5.74, 6) is -2.02. The van der Waals surface area contributed by atoms with Crippen molar-refractivity contribution in [2.24, 2.45) is 0 Å². The molecule has 1 fully saturated rings. The van der Waals surface area contributed by atoms with Crippen molar-refractivity contribution in [1.29, 1.82) is 0 Å². The van der Waals surface area contributed by atoms with E-state index in [0.29, 0.717) is 16.9 Å². The minimum atomic E-state index is -0.711. The first-order valence-electron chi connectivity index (χ1n) is 14.8. The second-order valence-electron chi connectivity index (χ2n) is 10.9. The monoisotopic (exact) mass is 622 g/mol. The van der Waals surface area contributed by atoms with Crippen molar-refractivity contribution in [2.75, 3.05) is 45.3 Å². The zero-order valence-corrected chi connectivity index (χ0v) is 25.4. The molecule has 0 bridgehead atoms. The van der Waals surface area contributed by atoms with E-state index in [1.165, 1.54) is 43.2 Å². The van der Waals surface area contributed by atoms with Gasteiger partial charge >= 0.3 is 11.9 Å². The minimum absolute atomic E-state index is 0.0206. The third kappa shape index (κ3) is 6.12. The normalized spacial score (nSPS) is 13.5. The molecule has 1 aliphatic heterocycles. The predicted octanol–water partition coefficient (Wildman–Crippen LogP) is 6.30. The van der Waals surface area contributed by atoms with Crippen molar-refractivity contribution in [1.82, 2.24) is 14.7 Å². The summed E-state index contributed by atoms with van der Waals surface area (Å²) in [5, 5.41) is 4.68. The van der Waals surface area contributed by atoms with Gasteiger partial charge in [-0.3, -0.25) is 4.90 Å². The molecule has 234 valence electrons. The molecule has 0 amide bonds. The molecule has 4 aromatic carbocycles. The summed E-state index contributed by atoms with van der Waals surface area (Å²) >= 11 is 0. The number of anilines is 1. The van der Waals surface area contributed by atoms with Gasteiger partial charge in [-0.25, -0.2) is 23.1 Å². The summed E-state index contributed by atoms with van der Waals surface area (Å²) in [5.41, 5.74) is 4.39. The zero-order valence-electron chi connectivity index (χ0n) is 25.4. The van der Waals surface area contributed by atoms with E-state index in [4.69, 9.17) is 9.47 Å². The van der Waals surface area contributed by atoms with Gasteiger partial charge in [0.2, 0.25) is 0 Å². The van der Waals surface area contributed by atoms with Gasteiger partial charge in [0.25, 0.3) is 0 Å². The Balaban J connectivity index is 1.26. The van der Waals surface area contributed by atoms with Crippen LogP contribution in [0, 0.1) is 11.6 Å². The molecule has 1 aliphatic rings. The Morgan fingerprint density at radius 3 is 1.74 bits per heavy atom. The van der Waals surface area contributed by atoms with Gasteiger partial charge in [0.15, 0.2) is 5.69 Å². The van der Waals surface area contributed by atoms with Crippen LogP contribution in [0.4, 0.5) is 14.5 Å². The summed E-state index contributed by atoms with van der Waals surface area (Å²) < 4.78 is 39.0. The van der Waals surface area contributed by atoms with E-state index >= 15 is 0 Å². The van der Waals surface area contributed by atoms with Gasteiger partial charge in [-0.1, -0.05) is 54.6 Å². The number of esters is 2. The summed E-state index contributed by atoms with van der Waals surface area (Å²) in [7, 11) is 2.51. The van der Waals surface area contributed by atoms with Crippen LogP contribution in [0.25, 0.3) is 16.9 Å². The Morgan fingerprint density at radius 1 is 0.674 bits per heavy atom. The molecule has 0 aliphatic carbocycles. The maximum absolute atomic E-state index is 13.7. The van der Waals surface area contributed by atoms with E-state index in [-0.39, 0.29) is 28.9 Å². The van der Waals surface area contributed by atoms with Crippen molar-refractivity contribution >= 4 is 17.6 Å². The van der Waals surface area contributed by atoms with Crippen LogP contribution in [0.2, 0.25) is 0 Å². The van der Waals surface area contributed by atoms with Crippen molar-refractivity contribution in [3.63, 3.8) is 0 Å². The lowest BCUT2D eigenvalue weighted by atomic mass is 9.96. The number of benzene rings is 4. The van der Waals surface area contributed by atoms with E-state index in [1.54, 1.807) is 36.4 Å². The molecular weight excluding hydrogens is 590 g/mol. The highest BCUT2D eigenvalue weighted by molar-refractivity contribution is 6.06. The lowest BCUT2D eigenvalue weighted by Crippen LogP contribution is -2.48. The number of carbonyl (C=O) groups excluding carboxylic acids is 2. The molecular formula is C36H32F2N4O4. The molecule has 0 unspecified atom stereocenters. The van der Waals surface area contributed by atoms with E-state index in [1.807, 2.05) is 42.5 Å². The van der Waals surface area contributed by atoms with Gasteiger partial charge in [-0.2, -0.15) is 5.10 Å². The predicted molar refractivity (Wildman–Crippen MR) is 170 cm³/mol. The molecule has 0 atom stereocenters. The number of ether oxygens (including phenoxy) is 2. The number of carbonyl (C=O) groups is 2. The standard InChI is InChI=1S/C36H32F2N4O4/c1-45-35(43)31-32(39-42(34(31)36(44)46-2)30-6-4-3-5-7-30)24-12-18-29(19-13-24)40-20-22-41(23-21-40)33(25-8-14-27(37)15-9-25)26-10-16-28(38)17-11-26/h3-19,33H,20-23H2,1-2H3. The molecule has 46 heavy (non-hydrogen) atoms. The first kappa shape index (κ1) is 30.7. The van der Waals surface area contributed by atoms with E-state index in [2.05, 4.69) is 14.9 Å². The fraction of sp³-hybridized carbons (Fsp3) is 0.194. The van der Waals surface area contributed by atoms with Crippen LogP contribution in [0.3, 0.4) is 0 Å². The summed E-state index contributed by atoms with van der Waals surface area (Å²) in [6.45, 7) is 2.89. The van der Waals surface area contributed by atoms with Crippen LogP contribution in [-0.2, 0) is 9.47 Å². The summed E-state index contributed by atoms with van der Waals surface area (Å²) in [4.78, 5) is 30.5.